The Bertz CT molecular complexity index is 1160. The van der Waals surface area contributed by atoms with Gasteiger partial charge in [0.15, 0.2) is 0 Å². The van der Waals surface area contributed by atoms with E-state index >= 15 is 0 Å². The number of thiazole rings is 1. The highest BCUT2D eigenvalue weighted by Gasteiger charge is 2.36. The summed E-state index contributed by atoms with van der Waals surface area (Å²) < 4.78 is 0. The Kier molecular flexibility index (Phi) is 5.57. The molecule has 0 N–H and O–H groups in total. The van der Waals surface area contributed by atoms with Crippen LogP contribution in [0.1, 0.15) is 60.4 Å². The number of amides is 3. The van der Waals surface area contributed by atoms with Gasteiger partial charge in [0.05, 0.1) is 16.1 Å². The van der Waals surface area contributed by atoms with Gasteiger partial charge in [-0.1, -0.05) is 30.3 Å². The van der Waals surface area contributed by atoms with Crippen LogP contribution in [0, 0.1) is 0 Å². The molecule has 0 spiro atoms. The lowest BCUT2D eigenvalue weighted by Gasteiger charge is -2.32. The molecule has 0 radical (unpaired) electrons. The smallest absolute Gasteiger partial charge is 0.261 e. The molecule has 7 heteroatoms. The molecule has 3 amide bonds. The van der Waals surface area contributed by atoms with Gasteiger partial charge in [-0.25, -0.2) is 4.98 Å². The second kappa shape index (κ2) is 8.67. The first kappa shape index (κ1) is 20.6. The van der Waals surface area contributed by atoms with Crippen LogP contribution in [0.5, 0.6) is 0 Å². The van der Waals surface area contributed by atoms with E-state index < -0.39 is 0 Å². The van der Waals surface area contributed by atoms with Crippen LogP contribution in [-0.4, -0.2) is 52.1 Å². The van der Waals surface area contributed by atoms with E-state index in [1.807, 2.05) is 40.6 Å². The molecule has 3 aromatic rings. The van der Waals surface area contributed by atoms with Crippen molar-refractivity contribution in [2.45, 2.75) is 25.2 Å². The Hall–Kier alpha value is -3.32. The molecular weight excluding hydrogens is 422 g/mol. The largest absolute Gasteiger partial charge is 0.338 e. The first-order chi connectivity index (χ1) is 15.6. The van der Waals surface area contributed by atoms with Crippen molar-refractivity contribution < 1.29 is 14.4 Å². The van der Waals surface area contributed by atoms with Crippen LogP contribution >= 0.6 is 11.3 Å². The third-order valence-electron chi connectivity index (χ3n) is 6.19. The van der Waals surface area contributed by atoms with Crippen molar-refractivity contribution in [3.8, 4) is 0 Å². The van der Waals surface area contributed by atoms with E-state index in [0.29, 0.717) is 42.7 Å². The number of likely N-dealkylation sites (tertiary alicyclic amines) is 1. The maximum Gasteiger partial charge on any atom is 0.261 e. The minimum Gasteiger partial charge on any atom is -0.338 e. The molecule has 6 nitrogen and oxygen atoms in total. The third kappa shape index (κ3) is 3.84. The zero-order valence-electron chi connectivity index (χ0n) is 17.6. The molecule has 162 valence electrons. The van der Waals surface area contributed by atoms with Gasteiger partial charge < -0.3 is 4.90 Å². The number of benzene rings is 2. The monoisotopic (exact) mass is 445 g/mol. The molecule has 1 unspecified atom stereocenters. The highest BCUT2D eigenvalue weighted by Crippen LogP contribution is 2.30. The number of nitrogens with zero attached hydrogens (tertiary/aromatic N) is 3. The number of piperidine rings is 1. The predicted molar refractivity (Wildman–Crippen MR) is 122 cm³/mol. The summed E-state index contributed by atoms with van der Waals surface area (Å²) in [5.41, 5.74) is 2.22. The number of rotatable bonds is 5. The number of imide groups is 1. The highest BCUT2D eigenvalue weighted by molar-refractivity contribution is 7.09. The van der Waals surface area contributed by atoms with Gasteiger partial charge in [0.25, 0.3) is 17.7 Å². The number of carbonyl (C=O) groups is 3. The summed E-state index contributed by atoms with van der Waals surface area (Å²) in [6.07, 6.45) is 4.34. The Morgan fingerprint density at radius 2 is 1.88 bits per heavy atom. The van der Waals surface area contributed by atoms with Gasteiger partial charge in [-0.3, -0.25) is 19.3 Å². The van der Waals surface area contributed by atoms with Crippen molar-refractivity contribution in [1.82, 2.24) is 14.8 Å². The standard InChI is InChI=1S/C25H23N3O3S/c29-23(27-12-4-7-19(16-27)22-26-11-14-32-22)18-8-9-20-21(15-18)25(31)28(24(20)30)13-10-17-5-2-1-3-6-17/h1-3,5-6,8-9,11,14-15,19H,4,7,10,12-13,16H2. The first-order valence-corrected chi connectivity index (χ1v) is 11.7. The lowest BCUT2D eigenvalue weighted by Crippen LogP contribution is -2.39. The van der Waals surface area contributed by atoms with E-state index in [4.69, 9.17) is 0 Å². The van der Waals surface area contributed by atoms with Crippen molar-refractivity contribution in [2.75, 3.05) is 19.6 Å². The van der Waals surface area contributed by atoms with Gasteiger partial charge in [0.2, 0.25) is 0 Å². The zero-order chi connectivity index (χ0) is 22.1. The fraction of sp³-hybridized carbons (Fsp3) is 0.280. The minimum absolute atomic E-state index is 0.1000. The molecule has 5 rings (SSSR count). The van der Waals surface area contributed by atoms with Crippen LogP contribution < -0.4 is 0 Å². The van der Waals surface area contributed by atoms with Crippen LogP contribution in [-0.2, 0) is 6.42 Å². The van der Waals surface area contributed by atoms with Crippen LogP contribution in [0.25, 0.3) is 0 Å². The Labute approximate surface area is 190 Å². The lowest BCUT2D eigenvalue weighted by molar-refractivity contribution is 0.0655. The van der Waals surface area contributed by atoms with Crippen molar-refractivity contribution >= 4 is 29.1 Å². The predicted octanol–water partition coefficient (Wildman–Crippen LogP) is 4.00. The molecule has 1 aromatic heterocycles. The summed E-state index contributed by atoms with van der Waals surface area (Å²) in [5, 5.41) is 3.02. The summed E-state index contributed by atoms with van der Waals surface area (Å²) in [4.78, 5) is 46.5. The van der Waals surface area contributed by atoms with Gasteiger partial charge in [-0.2, -0.15) is 0 Å². The van der Waals surface area contributed by atoms with E-state index in [1.165, 1.54) is 4.90 Å². The fourth-order valence-electron chi connectivity index (χ4n) is 4.49. The quantitative estimate of drug-likeness (QED) is 0.557. The molecule has 2 aliphatic heterocycles. The zero-order valence-corrected chi connectivity index (χ0v) is 18.4. The first-order valence-electron chi connectivity index (χ1n) is 10.8. The Morgan fingerprint density at radius 3 is 2.66 bits per heavy atom. The highest BCUT2D eigenvalue weighted by atomic mass is 32.1. The summed E-state index contributed by atoms with van der Waals surface area (Å²) in [6.45, 7) is 1.63. The number of carbonyl (C=O) groups excluding carboxylic acids is 3. The summed E-state index contributed by atoms with van der Waals surface area (Å²) in [5.74, 6) is -0.465. The minimum atomic E-state index is -0.324. The summed E-state index contributed by atoms with van der Waals surface area (Å²) in [7, 11) is 0. The van der Waals surface area contributed by atoms with Crippen molar-refractivity contribution in [3.63, 3.8) is 0 Å². The van der Waals surface area contributed by atoms with Crippen LogP contribution in [0.3, 0.4) is 0 Å². The van der Waals surface area contributed by atoms with E-state index in [0.717, 1.165) is 23.4 Å². The van der Waals surface area contributed by atoms with E-state index in [2.05, 4.69) is 4.98 Å². The van der Waals surface area contributed by atoms with Crippen molar-refractivity contribution in [3.05, 3.63) is 87.4 Å². The van der Waals surface area contributed by atoms with E-state index in [-0.39, 0.29) is 23.6 Å². The fourth-order valence-corrected chi connectivity index (χ4v) is 5.26. The molecule has 32 heavy (non-hydrogen) atoms. The van der Waals surface area contributed by atoms with Crippen LogP contribution in [0.2, 0.25) is 0 Å². The van der Waals surface area contributed by atoms with Gasteiger partial charge in [-0.05, 0) is 43.0 Å². The molecule has 1 atom stereocenters. The Morgan fingerprint density at radius 1 is 1.06 bits per heavy atom. The molecule has 0 aliphatic carbocycles. The maximum atomic E-state index is 13.2. The van der Waals surface area contributed by atoms with Gasteiger partial charge in [-0.15, -0.1) is 11.3 Å². The Balaban J connectivity index is 1.31. The van der Waals surface area contributed by atoms with E-state index in [1.54, 1.807) is 35.7 Å². The second-order valence-electron chi connectivity index (χ2n) is 8.22. The normalized spacial score (nSPS) is 18.2. The number of fused-ring (bicyclic) bond motifs is 1. The van der Waals surface area contributed by atoms with Gasteiger partial charge in [0.1, 0.15) is 0 Å². The average molecular weight is 446 g/mol. The maximum absolute atomic E-state index is 13.2. The van der Waals surface area contributed by atoms with Gasteiger partial charge in [0, 0.05) is 42.7 Å². The molecule has 2 aromatic carbocycles. The topological polar surface area (TPSA) is 70.6 Å². The number of aromatic nitrogens is 1. The average Bonchev–Trinajstić information content (AvgIpc) is 3.46. The van der Waals surface area contributed by atoms with Crippen LogP contribution in [0.4, 0.5) is 0 Å². The van der Waals surface area contributed by atoms with Gasteiger partial charge >= 0.3 is 0 Å². The number of hydrogen-bond acceptors (Lipinski definition) is 5. The molecule has 1 saturated heterocycles. The molecule has 3 heterocycles. The molecule has 0 saturated carbocycles. The summed E-state index contributed by atoms with van der Waals surface area (Å²) >= 11 is 1.62. The van der Waals surface area contributed by atoms with Crippen molar-refractivity contribution in [2.24, 2.45) is 0 Å². The van der Waals surface area contributed by atoms with E-state index in [9.17, 15) is 14.4 Å². The summed E-state index contributed by atoms with van der Waals surface area (Å²) in [6, 6.07) is 14.6. The third-order valence-corrected chi connectivity index (χ3v) is 7.13. The SMILES string of the molecule is O=C(c1ccc2c(c1)C(=O)N(CCc1ccccc1)C2=O)N1CCCC(c2nccs2)C1. The molecule has 0 bridgehead atoms. The molecule has 1 fully saturated rings. The molecule has 2 aliphatic rings. The molecular formula is C25H23N3O3S. The number of hydrogen-bond donors (Lipinski definition) is 0. The second-order valence-corrected chi connectivity index (χ2v) is 9.14. The van der Waals surface area contributed by atoms with Crippen LogP contribution in [0.15, 0.2) is 60.1 Å². The lowest BCUT2D eigenvalue weighted by atomic mass is 9.97. The van der Waals surface area contributed by atoms with Crippen molar-refractivity contribution in [1.29, 1.82) is 0 Å².